The van der Waals surface area contributed by atoms with Crippen molar-refractivity contribution in [2.75, 3.05) is 13.4 Å². The van der Waals surface area contributed by atoms with E-state index < -0.39 is 17.8 Å². The molecule has 0 fully saturated rings. The number of alkyl halides is 5. The first-order valence-corrected chi connectivity index (χ1v) is 14.5. The molecule has 0 aliphatic carbocycles. The van der Waals surface area contributed by atoms with Crippen molar-refractivity contribution in [3.63, 3.8) is 0 Å². The quantitative estimate of drug-likeness (QED) is 0.142. The van der Waals surface area contributed by atoms with E-state index in [4.69, 9.17) is 14.2 Å². The first-order valence-electron chi connectivity index (χ1n) is 14.5. The lowest BCUT2D eigenvalue weighted by atomic mass is 10.1. The van der Waals surface area contributed by atoms with E-state index in [1.807, 2.05) is 49.1 Å². The van der Waals surface area contributed by atoms with Crippen molar-refractivity contribution in [1.82, 2.24) is 14.5 Å². The molecule has 0 amide bonds. The molecule has 1 aliphatic heterocycles. The van der Waals surface area contributed by atoms with Gasteiger partial charge in [-0.15, -0.1) is 0 Å². The molecule has 0 unspecified atom stereocenters. The Bertz CT molecular complexity index is 1560. The van der Waals surface area contributed by atoms with E-state index in [1.165, 1.54) is 4.57 Å². The van der Waals surface area contributed by atoms with Gasteiger partial charge in [-0.2, -0.15) is 22.0 Å². The first kappa shape index (κ1) is 31.3. The highest BCUT2D eigenvalue weighted by molar-refractivity contribution is 5.57. The van der Waals surface area contributed by atoms with Gasteiger partial charge in [-0.3, -0.25) is 4.90 Å². The summed E-state index contributed by atoms with van der Waals surface area (Å²) in [6.45, 7) is 4.81. The van der Waals surface area contributed by atoms with Crippen molar-refractivity contribution < 1.29 is 36.2 Å². The Hall–Kier alpha value is -4.12. The molecule has 6 nitrogen and oxygen atoms in total. The summed E-state index contributed by atoms with van der Waals surface area (Å²) in [4.78, 5) is 5.86. The van der Waals surface area contributed by atoms with Crippen LogP contribution in [-0.2, 0) is 32.1 Å². The summed E-state index contributed by atoms with van der Waals surface area (Å²) in [5.74, 6) is -3.32. The lowest BCUT2D eigenvalue weighted by Gasteiger charge is -2.26. The van der Waals surface area contributed by atoms with Crippen LogP contribution in [0.5, 0.6) is 17.2 Å². The molecule has 0 spiro atoms. The Labute approximate surface area is 253 Å². The second kappa shape index (κ2) is 13.3. The molecular formula is C33H34F5N3O3. The molecule has 234 valence electrons. The van der Waals surface area contributed by atoms with E-state index >= 15 is 8.78 Å². The van der Waals surface area contributed by atoms with Crippen molar-refractivity contribution in [3.05, 3.63) is 95.3 Å². The third-order valence-corrected chi connectivity index (χ3v) is 7.33. The zero-order valence-electron chi connectivity index (χ0n) is 24.5. The van der Waals surface area contributed by atoms with Gasteiger partial charge in [-0.05, 0) is 48.7 Å². The highest BCUT2D eigenvalue weighted by atomic mass is 19.4. The first-order chi connectivity index (χ1) is 21.1. The topological polar surface area (TPSA) is 48.8 Å². The lowest BCUT2D eigenvalue weighted by Crippen LogP contribution is -2.36. The maximum Gasteiger partial charge on any atom is 0.459 e. The molecule has 11 heteroatoms. The summed E-state index contributed by atoms with van der Waals surface area (Å²) in [5, 5.41) is 0. The minimum absolute atomic E-state index is 0.0781. The van der Waals surface area contributed by atoms with Gasteiger partial charge >= 0.3 is 12.1 Å². The van der Waals surface area contributed by atoms with Crippen LogP contribution in [0.2, 0.25) is 0 Å². The standard InChI is InChI=1S/C33H34F5N3O3/c1-3-5-16-41-27(30(32(34,35)33(36,37)38)39-31(41)25-11-7-6-8-12-25)21-40(19-23-10-9-13-26(17-23)42-4-2)20-24-14-15-28-29(18-24)44-22-43-28/h6-15,17-18H,3-5,16,19-22H2,1-2H3. The van der Waals surface area contributed by atoms with Gasteiger partial charge in [0.25, 0.3) is 0 Å². The average molecular weight is 616 g/mol. The number of hydrogen-bond donors (Lipinski definition) is 0. The van der Waals surface area contributed by atoms with Gasteiger partial charge < -0.3 is 18.8 Å². The monoisotopic (exact) mass is 615 g/mol. The third kappa shape index (κ3) is 6.83. The summed E-state index contributed by atoms with van der Waals surface area (Å²) in [6, 6.07) is 21.2. The van der Waals surface area contributed by atoms with Crippen molar-refractivity contribution >= 4 is 0 Å². The highest BCUT2D eigenvalue weighted by Gasteiger charge is 2.61. The molecule has 0 atom stereocenters. The van der Waals surface area contributed by atoms with Gasteiger partial charge in [0.2, 0.25) is 6.79 Å². The predicted molar refractivity (Wildman–Crippen MR) is 156 cm³/mol. The molecule has 0 saturated carbocycles. The van der Waals surface area contributed by atoms with Crippen LogP contribution >= 0.6 is 0 Å². The van der Waals surface area contributed by atoms with Crippen molar-refractivity contribution in [2.24, 2.45) is 0 Å². The fraction of sp³-hybridized carbons (Fsp3) is 0.364. The molecular weight excluding hydrogens is 581 g/mol. The number of fused-ring (bicyclic) bond motifs is 1. The zero-order chi connectivity index (χ0) is 31.3. The van der Waals surface area contributed by atoms with E-state index in [2.05, 4.69) is 4.98 Å². The highest BCUT2D eigenvalue weighted by Crippen LogP contribution is 2.46. The Morgan fingerprint density at radius 2 is 1.57 bits per heavy atom. The fourth-order valence-electron chi connectivity index (χ4n) is 5.23. The lowest BCUT2D eigenvalue weighted by molar-refractivity contribution is -0.291. The van der Waals surface area contributed by atoms with Crippen molar-refractivity contribution in [1.29, 1.82) is 0 Å². The van der Waals surface area contributed by atoms with Crippen molar-refractivity contribution in [2.45, 2.75) is 65.0 Å². The summed E-state index contributed by atoms with van der Waals surface area (Å²) >= 11 is 0. The van der Waals surface area contributed by atoms with E-state index in [0.717, 1.165) is 11.1 Å². The largest absolute Gasteiger partial charge is 0.494 e. The van der Waals surface area contributed by atoms with Crippen LogP contribution in [0.1, 0.15) is 49.2 Å². The van der Waals surface area contributed by atoms with E-state index in [0.29, 0.717) is 42.3 Å². The Kier molecular flexibility index (Phi) is 9.43. The summed E-state index contributed by atoms with van der Waals surface area (Å²) in [6.07, 6.45) is -4.55. The molecule has 5 rings (SSSR count). The van der Waals surface area contributed by atoms with Crippen LogP contribution in [0, 0.1) is 0 Å². The number of ether oxygens (including phenoxy) is 3. The minimum atomic E-state index is -5.83. The molecule has 3 aromatic carbocycles. The molecule has 0 N–H and O–H groups in total. The van der Waals surface area contributed by atoms with Crippen LogP contribution in [0.25, 0.3) is 11.4 Å². The Morgan fingerprint density at radius 3 is 2.27 bits per heavy atom. The Morgan fingerprint density at radius 1 is 0.841 bits per heavy atom. The SMILES string of the molecule is CCCCn1c(-c2ccccc2)nc(C(F)(F)C(F)(F)F)c1CN(Cc1cccc(OCC)c1)Cc1ccc2c(c1)OCO2. The maximum atomic E-state index is 15.3. The van der Waals surface area contributed by atoms with Crippen LogP contribution in [-0.4, -0.2) is 34.0 Å². The van der Waals surface area contributed by atoms with E-state index in [1.54, 1.807) is 42.5 Å². The molecule has 1 aromatic heterocycles. The van der Waals surface area contributed by atoms with Crippen LogP contribution < -0.4 is 14.2 Å². The van der Waals surface area contributed by atoms with Crippen molar-refractivity contribution in [3.8, 4) is 28.6 Å². The van der Waals surface area contributed by atoms with Gasteiger partial charge in [-0.1, -0.05) is 61.9 Å². The minimum Gasteiger partial charge on any atom is -0.494 e. The van der Waals surface area contributed by atoms with Gasteiger partial charge in [0.1, 0.15) is 17.3 Å². The van der Waals surface area contributed by atoms with E-state index in [9.17, 15) is 13.2 Å². The molecule has 44 heavy (non-hydrogen) atoms. The number of aromatic nitrogens is 2. The molecule has 1 aliphatic rings. The van der Waals surface area contributed by atoms with Gasteiger partial charge in [0.15, 0.2) is 11.5 Å². The van der Waals surface area contributed by atoms with Gasteiger partial charge in [0.05, 0.1) is 12.3 Å². The molecule has 4 aromatic rings. The molecule has 2 heterocycles. The summed E-state index contributed by atoms with van der Waals surface area (Å²) < 4.78 is 90.4. The number of hydrogen-bond acceptors (Lipinski definition) is 5. The molecule has 0 saturated heterocycles. The number of rotatable bonds is 13. The fourth-order valence-corrected chi connectivity index (χ4v) is 5.23. The number of nitrogens with zero attached hydrogens (tertiary/aromatic N) is 3. The number of imidazole rings is 1. The van der Waals surface area contributed by atoms with Gasteiger partial charge in [-0.25, -0.2) is 4.98 Å². The average Bonchev–Trinajstić information content (AvgIpc) is 3.61. The summed E-state index contributed by atoms with van der Waals surface area (Å²) in [5.41, 5.74) is 0.590. The number of unbranched alkanes of at least 4 members (excludes halogenated alkanes) is 1. The number of benzene rings is 3. The third-order valence-electron chi connectivity index (χ3n) is 7.33. The van der Waals surface area contributed by atoms with E-state index in [-0.39, 0.29) is 44.5 Å². The maximum absolute atomic E-state index is 15.3. The molecule has 0 radical (unpaired) electrons. The molecule has 0 bridgehead atoms. The Balaban J connectivity index is 1.62. The van der Waals surface area contributed by atoms with Crippen LogP contribution in [0.3, 0.4) is 0 Å². The van der Waals surface area contributed by atoms with Crippen LogP contribution in [0.15, 0.2) is 72.8 Å². The van der Waals surface area contributed by atoms with Crippen LogP contribution in [0.4, 0.5) is 22.0 Å². The second-order valence-corrected chi connectivity index (χ2v) is 10.6. The number of halogens is 5. The summed E-state index contributed by atoms with van der Waals surface area (Å²) in [7, 11) is 0. The smallest absolute Gasteiger partial charge is 0.459 e. The van der Waals surface area contributed by atoms with Gasteiger partial charge in [0, 0.05) is 31.7 Å². The second-order valence-electron chi connectivity index (χ2n) is 10.6. The zero-order valence-corrected chi connectivity index (χ0v) is 24.5. The predicted octanol–water partition coefficient (Wildman–Crippen LogP) is 8.33. The normalized spacial score (nSPS) is 13.1.